The van der Waals surface area contributed by atoms with Gasteiger partial charge in [0.25, 0.3) is 0 Å². The SMILES string of the molecule is COc1cc2c(Cl)ncnc2cc1OCCCN1CCS(O)(O)CC1. The second-order valence-corrected chi connectivity index (χ2v) is 8.72. The molecule has 1 aliphatic rings. The van der Waals surface area contributed by atoms with Crippen molar-refractivity contribution in [2.24, 2.45) is 0 Å². The van der Waals surface area contributed by atoms with Crippen molar-refractivity contribution in [2.45, 2.75) is 6.42 Å². The average molecular weight is 388 g/mol. The van der Waals surface area contributed by atoms with Gasteiger partial charge in [-0.15, -0.1) is 0 Å². The van der Waals surface area contributed by atoms with Crippen LogP contribution >= 0.6 is 22.2 Å². The fraction of sp³-hybridized carbons (Fsp3) is 0.500. The molecule has 2 N–H and O–H groups in total. The lowest BCUT2D eigenvalue weighted by Crippen LogP contribution is -2.39. The molecule has 0 spiro atoms. The highest BCUT2D eigenvalue weighted by atomic mass is 35.5. The molecule has 1 aromatic carbocycles. The predicted molar refractivity (Wildman–Crippen MR) is 100 cm³/mol. The maximum atomic E-state index is 9.63. The lowest BCUT2D eigenvalue weighted by molar-refractivity contribution is 0.236. The highest BCUT2D eigenvalue weighted by molar-refractivity contribution is 8.24. The van der Waals surface area contributed by atoms with Crippen molar-refractivity contribution in [2.75, 3.05) is 44.9 Å². The van der Waals surface area contributed by atoms with E-state index in [1.54, 1.807) is 19.2 Å². The Bertz CT molecular complexity index is 737. The van der Waals surface area contributed by atoms with Crippen LogP contribution < -0.4 is 9.47 Å². The summed E-state index contributed by atoms with van der Waals surface area (Å²) in [4.78, 5) is 10.4. The normalized spacial score (nSPS) is 18.9. The van der Waals surface area contributed by atoms with Gasteiger partial charge < -0.3 is 14.4 Å². The summed E-state index contributed by atoms with van der Waals surface area (Å²) < 4.78 is 30.5. The van der Waals surface area contributed by atoms with E-state index in [1.165, 1.54) is 6.33 Å². The van der Waals surface area contributed by atoms with Gasteiger partial charge in [0.05, 0.1) is 30.7 Å². The van der Waals surface area contributed by atoms with Crippen LogP contribution in [0.4, 0.5) is 0 Å². The molecule has 2 heterocycles. The Balaban J connectivity index is 1.56. The van der Waals surface area contributed by atoms with Gasteiger partial charge in [-0.2, -0.15) is 10.6 Å². The summed E-state index contributed by atoms with van der Waals surface area (Å²) >= 11 is 6.08. The maximum Gasteiger partial charge on any atom is 0.163 e. The number of hydrogen-bond acceptors (Lipinski definition) is 7. The average Bonchev–Trinajstić information content (AvgIpc) is 2.59. The Morgan fingerprint density at radius 3 is 2.68 bits per heavy atom. The molecule has 25 heavy (non-hydrogen) atoms. The molecule has 1 aliphatic heterocycles. The van der Waals surface area contributed by atoms with E-state index < -0.39 is 10.6 Å². The number of nitrogens with zero attached hydrogens (tertiary/aromatic N) is 3. The number of hydrogen-bond donors (Lipinski definition) is 2. The van der Waals surface area contributed by atoms with Gasteiger partial charge in [0.2, 0.25) is 0 Å². The number of halogens is 1. The summed E-state index contributed by atoms with van der Waals surface area (Å²) in [6, 6.07) is 3.58. The zero-order valence-corrected chi connectivity index (χ0v) is 15.6. The molecule has 9 heteroatoms. The Morgan fingerprint density at radius 1 is 1.20 bits per heavy atom. The standard InChI is InChI=1S/C16H22ClN3O4S/c1-23-14-9-12-13(18-11-19-16(12)17)10-15(14)24-6-2-3-20-4-7-25(21,22)8-5-20/h9-11,21-22H,2-8H2,1H3. The van der Waals surface area contributed by atoms with E-state index >= 15 is 0 Å². The third-order valence-corrected chi connectivity index (χ3v) is 6.19. The van der Waals surface area contributed by atoms with Crippen LogP contribution in [0.25, 0.3) is 10.9 Å². The highest BCUT2D eigenvalue weighted by Crippen LogP contribution is 2.40. The Kier molecular flexibility index (Phi) is 5.85. The second kappa shape index (κ2) is 7.92. The molecule has 1 saturated heterocycles. The molecule has 3 rings (SSSR count). The quantitative estimate of drug-likeness (QED) is 0.581. The van der Waals surface area contributed by atoms with Gasteiger partial charge in [-0.3, -0.25) is 9.11 Å². The zero-order chi connectivity index (χ0) is 17.9. The first-order valence-electron chi connectivity index (χ1n) is 8.05. The topological polar surface area (TPSA) is 87.9 Å². The molecule has 0 aliphatic carbocycles. The number of methoxy groups -OCH3 is 1. The van der Waals surface area contributed by atoms with E-state index in [-0.39, 0.29) is 0 Å². The summed E-state index contributed by atoms with van der Waals surface area (Å²) in [6.45, 7) is 2.83. The number of aromatic nitrogens is 2. The molecule has 2 aromatic rings. The molecule has 1 fully saturated rings. The second-order valence-electron chi connectivity index (χ2n) is 5.94. The molecule has 0 saturated carbocycles. The maximum absolute atomic E-state index is 9.63. The summed E-state index contributed by atoms with van der Waals surface area (Å²) in [5, 5.41) is 1.10. The first-order valence-corrected chi connectivity index (χ1v) is 10.3. The van der Waals surface area contributed by atoms with E-state index in [0.29, 0.717) is 40.3 Å². The van der Waals surface area contributed by atoms with Crippen molar-refractivity contribution < 1.29 is 18.6 Å². The molecule has 138 valence electrons. The van der Waals surface area contributed by atoms with E-state index in [1.807, 2.05) is 0 Å². The predicted octanol–water partition coefficient (Wildman–Crippen LogP) is 3.13. The Labute approximate surface area is 153 Å². The highest BCUT2D eigenvalue weighted by Gasteiger charge is 2.21. The van der Waals surface area contributed by atoms with Crippen molar-refractivity contribution in [3.8, 4) is 11.5 Å². The number of benzene rings is 1. The molecule has 0 bridgehead atoms. The van der Waals surface area contributed by atoms with Gasteiger partial charge in [-0.1, -0.05) is 11.6 Å². The van der Waals surface area contributed by atoms with Gasteiger partial charge in [0.1, 0.15) is 11.5 Å². The molecule has 1 aromatic heterocycles. The number of rotatable bonds is 6. The monoisotopic (exact) mass is 387 g/mol. The fourth-order valence-electron chi connectivity index (χ4n) is 2.76. The van der Waals surface area contributed by atoms with E-state index in [9.17, 15) is 9.11 Å². The summed E-state index contributed by atoms with van der Waals surface area (Å²) in [5.41, 5.74) is 0.706. The third kappa shape index (κ3) is 4.65. The van der Waals surface area contributed by atoms with Crippen LogP contribution in [0.3, 0.4) is 0 Å². The molecule has 7 nitrogen and oxygen atoms in total. The molecule has 0 atom stereocenters. The summed E-state index contributed by atoms with van der Waals surface area (Å²) in [7, 11) is -0.754. The van der Waals surface area contributed by atoms with E-state index in [0.717, 1.165) is 31.4 Å². The Morgan fingerprint density at radius 2 is 1.96 bits per heavy atom. The van der Waals surface area contributed by atoms with Crippen LogP contribution in [0.15, 0.2) is 18.5 Å². The van der Waals surface area contributed by atoms with Crippen molar-refractivity contribution in [1.29, 1.82) is 0 Å². The minimum absolute atomic E-state index is 0.380. The van der Waals surface area contributed by atoms with Gasteiger partial charge in [-0.05, 0) is 12.5 Å². The van der Waals surface area contributed by atoms with Gasteiger partial charge in [-0.25, -0.2) is 9.97 Å². The van der Waals surface area contributed by atoms with Gasteiger partial charge in [0, 0.05) is 31.1 Å². The molecule has 0 amide bonds. The zero-order valence-electron chi connectivity index (χ0n) is 14.0. The third-order valence-electron chi connectivity index (χ3n) is 4.22. The van der Waals surface area contributed by atoms with Crippen molar-refractivity contribution in [3.05, 3.63) is 23.6 Å². The summed E-state index contributed by atoms with van der Waals surface area (Å²) in [5.74, 6) is 2.15. The lowest BCUT2D eigenvalue weighted by atomic mass is 10.2. The van der Waals surface area contributed by atoms with E-state index in [2.05, 4.69) is 14.9 Å². The fourth-order valence-corrected chi connectivity index (χ4v) is 4.26. The van der Waals surface area contributed by atoms with Crippen molar-refractivity contribution in [3.63, 3.8) is 0 Å². The van der Waals surface area contributed by atoms with Gasteiger partial charge in [0.15, 0.2) is 11.5 Å². The first-order chi connectivity index (χ1) is 12.0. The van der Waals surface area contributed by atoms with Crippen molar-refractivity contribution in [1.82, 2.24) is 14.9 Å². The van der Waals surface area contributed by atoms with Crippen LogP contribution in [0.5, 0.6) is 11.5 Å². The largest absolute Gasteiger partial charge is 0.493 e. The minimum atomic E-state index is -2.33. The van der Waals surface area contributed by atoms with E-state index in [4.69, 9.17) is 21.1 Å². The molecule has 0 unspecified atom stereocenters. The van der Waals surface area contributed by atoms with Crippen molar-refractivity contribution >= 4 is 33.1 Å². The lowest BCUT2D eigenvalue weighted by Gasteiger charge is -2.40. The minimum Gasteiger partial charge on any atom is -0.493 e. The van der Waals surface area contributed by atoms with Crippen LogP contribution in [0.1, 0.15) is 6.42 Å². The van der Waals surface area contributed by atoms with Crippen LogP contribution in [0, 0.1) is 0 Å². The van der Waals surface area contributed by atoms with Gasteiger partial charge >= 0.3 is 0 Å². The molecular formula is C16H22ClN3O4S. The smallest absolute Gasteiger partial charge is 0.163 e. The molecular weight excluding hydrogens is 366 g/mol. The Hall–Kier alpha value is -1.32. The first kappa shape index (κ1) is 18.5. The molecule has 0 radical (unpaired) electrons. The van der Waals surface area contributed by atoms with Crippen LogP contribution in [-0.4, -0.2) is 68.8 Å². The van der Waals surface area contributed by atoms with Crippen LogP contribution in [0.2, 0.25) is 5.15 Å². The number of ether oxygens (including phenoxy) is 2. The number of fused-ring (bicyclic) bond motifs is 1. The summed E-state index contributed by atoms with van der Waals surface area (Å²) in [6.07, 6.45) is 2.26. The van der Waals surface area contributed by atoms with Crippen LogP contribution in [-0.2, 0) is 0 Å².